The Morgan fingerprint density at radius 2 is 1.83 bits per heavy atom. The standard InChI is InChI=1S/C23H31N5O.HI/c1-29-22-4-2-3-20(15-22)26-23(24)25-16-18-7-9-21(10-8-18)28-13-11-27(12-14-28)17-19-5-6-19;/h2-4,7-10,15,19H,5-6,11-14,16-17H2,1H3,(H3,24,25,26);1H. The Hall–Kier alpha value is -2.00. The molecule has 3 N–H and O–H groups in total. The van der Waals surface area contributed by atoms with Crippen molar-refractivity contribution in [2.75, 3.05) is 50.1 Å². The molecule has 7 heteroatoms. The Balaban J connectivity index is 0.00000256. The average molecular weight is 521 g/mol. The maximum Gasteiger partial charge on any atom is 0.193 e. The summed E-state index contributed by atoms with van der Waals surface area (Å²) in [7, 11) is 1.65. The highest BCUT2D eigenvalue weighted by molar-refractivity contribution is 14.0. The third-order valence-corrected chi connectivity index (χ3v) is 5.66. The maximum atomic E-state index is 6.03. The zero-order chi connectivity index (χ0) is 20.1. The van der Waals surface area contributed by atoms with Gasteiger partial charge in [-0.05, 0) is 48.6 Å². The summed E-state index contributed by atoms with van der Waals surface area (Å²) >= 11 is 0. The van der Waals surface area contributed by atoms with Crippen molar-refractivity contribution in [2.24, 2.45) is 16.6 Å². The minimum Gasteiger partial charge on any atom is -0.497 e. The number of piperazine rings is 1. The van der Waals surface area contributed by atoms with E-state index in [0.29, 0.717) is 12.5 Å². The lowest BCUT2D eigenvalue weighted by Crippen LogP contribution is -2.47. The van der Waals surface area contributed by atoms with Gasteiger partial charge >= 0.3 is 0 Å². The number of nitrogens with zero attached hydrogens (tertiary/aromatic N) is 3. The molecule has 162 valence electrons. The van der Waals surface area contributed by atoms with E-state index in [2.05, 4.69) is 44.4 Å². The Morgan fingerprint density at radius 1 is 1.10 bits per heavy atom. The molecule has 0 radical (unpaired) electrons. The van der Waals surface area contributed by atoms with Crippen LogP contribution in [0.15, 0.2) is 53.5 Å². The summed E-state index contributed by atoms with van der Waals surface area (Å²) < 4.78 is 5.22. The van der Waals surface area contributed by atoms with Crippen LogP contribution in [0.4, 0.5) is 11.4 Å². The summed E-state index contributed by atoms with van der Waals surface area (Å²) in [6.45, 7) is 6.43. The van der Waals surface area contributed by atoms with Crippen LogP contribution in [0.25, 0.3) is 0 Å². The first-order valence-corrected chi connectivity index (χ1v) is 10.5. The Morgan fingerprint density at radius 3 is 2.50 bits per heavy atom. The van der Waals surface area contributed by atoms with E-state index in [9.17, 15) is 0 Å². The molecule has 1 saturated heterocycles. The lowest BCUT2D eigenvalue weighted by atomic mass is 10.1. The van der Waals surface area contributed by atoms with Crippen molar-refractivity contribution in [2.45, 2.75) is 19.4 Å². The van der Waals surface area contributed by atoms with Gasteiger partial charge in [0.2, 0.25) is 0 Å². The lowest BCUT2D eigenvalue weighted by molar-refractivity contribution is 0.248. The summed E-state index contributed by atoms with van der Waals surface area (Å²) in [6, 6.07) is 16.3. The van der Waals surface area contributed by atoms with Gasteiger partial charge in [-0.1, -0.05) is 18.2 Å². The van der Waals surface area contributed by atoms with Crippen LogP contribution >= 0.6 is 24.0 Å². The fourth-order valence-corrected chi connectivity index (χ4v) is 3.73. The molecule has 1 aliphatic carbocycles. The van der Waals surface area contributed by atoms with Crippen molar-refractivity contribution in [1.82, 2.24) is 4.90 Å². The molecule has 0 unspecified atom stereocenters. The van der Waals surface area contributed by atoms with Gasteiger partial charge in [-0.3, -0.25) is 4.90 Å². The molecule has 0 amide bonds. The van der Waals surface area contributed by atoms with Crippen molar-refractivity contribution in [1.29, 1.82) is 0 Å². The number of methoxy groups -OCH3 is 1. The van der Waals surface area contributed by atoms with Gasteiger partial charge in [-0.2, -0.15) is 0 Å². The molecule has 2 aromatic carbocycles. The molecule has 0 aromatic heterocycles. The Bertz CT molecular complexity index is 830. The molecule has 2 aliphatic rings. The molecule has 1 aliphatic heterocycles. The smallest absolute Gasteiger partial charge is 0.193 e. The van der Waals surface area contributed by atoms with Crippen molar-refractivity contribution >= 4 is 41.3 Å². The summed E-state index contributed by atoms with van der Waals surface area (Å²) in [5, 5.41) is 3.11. The number of anilines is 2. The predicted molar refractivity (Wildman–Crippen MR) is 135 cm³/mol. The number of nitrogens with one attached hydrogen (secondary N) is 1. The number of rotatable bonds is 7. The first kappa shape index (κ1) is 22.7. The fourth-order valence-electron chi connectivity index (χ4n) is 3.73. The Labute approximate surface area is 196 Å². The summed E-state index contributed by atoms with van der Waals surface area (Å²) in [5.41, 5.74) is 9.34. The van der Waals surface area contributed by atoms with Crippen LogP contribution in [-0.4, -0.2) is 50.7 Å². The highest BCUT2D eigenvalue weighted by Crippen LogP contribution is 2.30. The van der Waals surface area contributed by atoms with Crippen LogP contribution in [0, 0.1) is 5.92 Å². The number of aliphatic imine (C=N–C) groups is 1. The second-order valence-electron chi connectivity index (χ2n) is 7.96. The SMILES string of the molecule is COc1cccc(NC(N)=NCc2ccc(N3CCN(CC4CC4)CC3)cc2)c1.I. The number of guanidine groups is 1. The van der Waals surface area contributed by atoms with Crippen molar-refractivity contribution in [3.8, 4) is 5.75 Å². The fraction of sp³-hybridized carbons (Fsp3) is 0.435. The van der Waals surface area contributed by atoms with E-state index in [0.717, 1.165) is 36.0 Å². The topological polar surface area (TPSA) is 66.1 Å². The molecule has 0 spiro atoms. The summed E-state index contributed by atoms with van der Waals surface area (Å²) in [4.78, 5) is 9.55. The molecule has 4 rings (SSSR count). The van der Waals surface area contributed by atoms with Gasteiger partial charge in [0.25, 0.3) is 0 Å². The number of hydrogen-bond donors (Lipinski definition) is 2. The summed E-state index contributed by atoms with van der Waals surface area (Å²) in [6.07, 6.45) is 2.87. The number of benzene rings is 2. The molecular weight excluding hydrogens is 489 g/mol. The van der Waals surface area contributed by atoms with Crippen LogP contribution in [-0.2, 0) is 6.54 Å². The van der Waals surface area contributed by atoms with Gasteiger partial charge in [0, 0.05) is 50.2 Å². The van der Waals surface area contributed by atoms with Crippen molar-refractivity contribution in [3.05, 3.63) is 54.1 Å². The van der Waals surface area contributed by atoms with E-state index in [4.69, 9.17) is 10.5 Å². The normalized spacial score (nSPS) is 17.4. The van der Waals surface area contributed by atoms with Gasteiger partial charge in [-0.25, -0.2) is 4.99 Å². The minimum atomic E-state index is 0. The van der Waals surface area contributed by atoms with Crippen molar-refractivity contribution in [3.63, 3.8) is 0 Å². The third-order valence-electron chi connectivity index (χ3n) is 5.66. The predicted octanol–water partition coefficient (Wildman–Crippen LogP) is 3.77. The van der Waals surface area contributed by atoms with Crippen LogP contribution in [0.3, 0.4) is 0 Å². The molecular formula is C23H32IN5O. The monoisotopic (exact) mass is 521 g/mol. The van der Waals surface area contributed by atoms with Crippen LogP contribution in [0.1, 0.15) is 18.4 Å². The van der Waals surface area contributed by atoms with Crippen molar-refractivity contribution < 1.29 is 4.74 Å². The molecule has 1 heterocycles. The largest absolute Gasteiger partial charge is 0.497 e. The highest BCUT2D eigenvalue weighted by atomic mass is 127. The van der Waals surface area contributed by atoms with Gasteiger partial charge < -0.3 is 20.7 Å². The molecule has 0 atom stereocenters. The minimum absolute atomic E-state index is 0. The highest BCUT2D eigenvalue weighted by Gasteiger charge is 2.26. The van der Waals surface area contributed by atoms with Gasteiger partial charge in [0.05, 0.1) is 13.7 Å². The number of ether oxygens (including phenoxy) is 1. The van der Waals surface area contributed by atoms with Crippen LogP contribution in [0.5, 0.6) is 5.75 Å². The van der Waals surface area contributed by atoms with Crippen LogP contribution < -0.4 is 20.7 Å². The first-order chi connectivity index (χ1) is 14.2. The Kier molecular flexibility index (Phi) is 8.21. The van der Waals surface area contributed by atoms with Gasteiger partial charge in [0.15, 0.2) is 5.96 Å². The van der Waals surface area contributed by atoms with Crippen LogP contribution in [0.2, 0.25) is 0 Å². The van der Waals surface area contributed by atoms with Gasteiger partial charge in [-0.15, -0.1) is 24.0 Å². The van der Waals surface area contributed by atoms with E-state index in [-0.39, 0.29) is 24.0 Å². The molecule has 0 bridgehead atoms. The molecule has 2 aromatic rings. The third kappa shape index (κ3) is 6.50. The average Bonchev–Trinajstić information content (AvgIpc) is 3.57. The van der Waals surface area contributed by atoms with E-state index >= 15 is 0 Å². The molecule has 1 saturated carbocycles. The summed E-state index contributed by atoms with van der Waals surface area (Å²) in [5.74, 6) is 2.16. The quantitative estimate of drug-likeness (QED) is 0.330. The maximum absolute atomic E-state index is 6.03. The molecule has 6 nitrogen and oxygen atoms in total. The zero-order valence-electron chi connectivity index (χ0n) is 17.6. The number of halogens is 1. The molecule has 2 fully saturated rings. The molecule has 30 heavy (non-hydrogen) atoms. The lowest BCUT2D eigenvalue weighted by Gasteiger charge is -2.36. The number of nitrogens with two attached hydrogens (primary N) is 1. The number of hydrogen-bond acceptors (Lipinski definition) is 4. The second-order valence-corrected chi connectivity index (χ2v) is 7.96. The van der Waals surface area contributed by atoms with E-state index < -0.39 is 0 Å². The van der Waals surface area contributed by atoms with Gasteiger partial charge in [0.1, 0.15) is 5.75 Å². The van der Waals surface area contributed by atoms with E-state index in [1.54, 1.807) is 7.11 Å². The first-order valence-electron chi connectivity index (χ1n) is 10.5. The zero-order valence-corrected chi connectivity index (χ0v) is 19.9. The second kappa shape index (κ2) is 10.9. The van der Waals surface area contributed by atoms with E-state index in [1.165, 1.54) is 38.2 Å². The van der Waals surface area contributed by atoms with E-state index in [1.807, 2.05) is 24.3 Å².